The Labute approximate surface area is 93.5 Å². The predicted molar refractivity (Wildman–Crippen MR) is 58.1 cm³/mol. The standard InChI is InChI=1S/C11H15NO4/c1-2-16-11(15)9(12)5-7-3-4-8(13)6-10(7)14/h3-4,6,9,13-14H,2,5,12H2,1H3/t9-/m0/s1. The van der Waals surface area contributed by atoms with Crippen LogP contribution < -0.4 is 5.73 Å². The lowest BCUT2D eigenvalue weighted by atomic mass is 10.1. The monoisotopic (exact) mass is 225 g/mol. The zero-order chi connectivity index (χ0) is 12.1. The third-order valence-corrected chi connectivity index (χ3v) is 2.10. The molecule has 0 unspecified atom stereocenters. The van der Waals surface area contributed by atoms with Gasteiger partial charge in [0.15, 0.2) is 0 Å². The van der Waals surface area contributed by atoms with Gasteiger partial charge >= 0.3 is 5.97 Å². The van der Waals surface area contributed by atoms with E-state index in [1.54, 1.807) is 6.92 Å². The van der Waals surface area contributed by atoms with E-state index in [1.165, 1.54) is 18.2 Å². The first kappa shape index (κ1) is 12.3. The molecule has 1 aromatic rings. The van der Waals surface area contributed by atoms with Crippen LogP contribution in [-0.4, -0.2) is 28.8 Å². The Morgan fingerprint density at radius 2 is 2.19 bits per heavy atom. The maximum Gasteiger partial charge on any atom is 0.323 e. The molecule has 5 nitrogen and oxygen atoms in total. The summed E-state index contributed by atoms with van der Waals surface area (Å²) in [4.78, 5) is 11.2. The quantitative estimate of drug-likeness (QED) is 0.650. The lowest BCUT2D eigenvalue weighted by molar-refractivity contribution is -0.144. The number of carbonyl (C=O) groups excluding carboxylic acids is 1. The summed E-state index contributed by atoms with van der Waals surface area (Å²) in [7, 11) is 0. The number of phenolic OH excluding ortho intramolecular Hbond substituents is 2. The molecule has 0 aliphatic heterocycles. The summed E-state index contributed by atoms with van der Waals surface area (Å²) in [6.07, 6.45) is 0.172. The molecule has 88 valence electrons. The minimum absolute atomic E-state index is 0.0362. The Balaban J connectivity index is 2.69. The van der Waals surface area contributed by atoms with Crippen molar-refractivity contribution in [3.8, 4) is 11.5 Å². The molecule has 0 spiro atoms. The van der Waals surface area contributed by atoms with Gasteiger partial charge in [-0.25, -0.2) is 0 Å². The van der Waals surface area contributed by atoms with Gasteiger partial charge in [-0.05, 0) is 18.6 Å². The second-order valence-electron chi connectivity index (χ2n) is 3.38. The third kappa shape index (κ3) is 3.13. The van der Waals surface area contributed by atoms with E-state index in [-0.39, 0.29) is 24.5 Å². The molecule has 0 saturated carbocycles. The zero-order valence-corrected chi connectivity index (χ0v) is 9.01. The number of esters is 1. The number of ether oxygens (including phenoxy) is 1. The Morgan fingerprint density at radius 1 is 1.50 bits per heavy atom. The molecule has 4 N–H and O–H groups in total. The molecular formula is C11H15NO4. The predicted octanol–water partition coefficient (Wildman–Crippen LogP) is 0.531. The highest BCUT2D eigenvalue weighted by Crippen LogP contribution is 2.23. The molecule has 0 aliphatic rings. The van der Waals surface area contributed by atoms with Crippen molar-refractivity contribution in [2.24, 2.45) is 5.73 Å². The zero-order valence-electron chi connectivity index (χ0n) is 9.01. The fraction of sp³-hybridized carbons (Fsp3) is 0.364. The van der Waals surface area contributed by atoms with Gasteiger partial charge in [0, 0.05) is 12.5 Å². The Bertz CT molecular complexity index is 378. The number of phenols is 2. The van der Waals surface area contributed by atoms with Crippen molar-refractivity contribution >= 4 is 5.97 Å². The molecule has 0 aromatic heterocycles. The van der Waals surface area contributed by atoms with Crippen LogP contribution in [0.1, 0.15) is 12.5 Å². The van der Waals surface area contributed by atoms with Crippen molar-refractivity contribution in [2.45, 2.75) is 19.4 Å². The van der Waals surface area contributed by atoms with E-state index in [9.17, 15) is 9.90 Å². The van der Waals surface area contributed by atoms with E-state index in [4.69, 9.17) is 15.6 Å². The Morgan fingerprint density at radius 3 is 2.75 bits per heavy atom. The van der Waals surface area contributed by atoms with Crippen molar-refractivity contribution in [1.29, 1.82) is 0 Å². The number of benzene rings is 1. The molecule has 0 amide bonds. The molecule has 0 saturated heterocycles. The van der Waals surface area contributed by atoms with Gasteiger partial charge in [-0.1, -0.05) is 6.07 Å². The van der Waals surface area contributed by atoms with Crippen LogP contribution in [0.2, 0.25) is 0 Å². The van der Waals surface area contributed by atoms with Crippen molar-refractivity contribution < 1.29 is 19.7 Å². The van der Waals surface area contributed by atoms with Gasteiger partial charge in [0.05, 0.1) is 6.61 Å². The molecular weight excluding hydrogens is 210 g/mol. The van der Waals surface area contributed by atoms with Gasteiger partial charge in [0.1, 0.15) is 17.5 Å². The molecule has 0 heterocycles. The van der Waals surface area contributed by atoms with Crippen LogP contribution in [0.25, 0.3) is 0 Å². The van der Waals surface area contributed by atoms with Gasteiger partial charge < -0.3 is 20.7 Å². The number of carbonyl (C=O) groups is 1. The fourth-order valence-electron chi connectivity index (χ4n) is 1.29. The number of rotatable bonds is 4. The maximum atomic E-state index is 11.2. The smallest absolute Gasteiger partial charge is 0.323 e. The summed E-state index contributed by atoms with van der Waals surface area (Å²) in [5.41, 5.74) is 6.09. The summed E-state index contributed by atoms with van der Waals surface area (Å²) >= 11 is 0. The summed E-state index contributed by atoms with van der Waals surface area (Å²) in [6.45, 7) is 1.97. The summed E-state index contributed by atoms with van der Waals surface area (Å²) in [5, 5.41) is 18.6. The van der Waals surface area contributed by atoms with Crippen molar-refractivity contribution in [1.82, 2.24) is 0 Å². The van der Waals surface area contributed by atoms with Crippen LogP contribution in [-0.2, 0) is 16.0 Å². The Kier molecular flexibility index (Phi) is 4.13. The summed E-state index contributed by atoms with van der Waals surface area (Å²) < 4.78 is 4.74. The van der Waals surface area contributed by atoms with E-state index in [2.05, 4.69) is 0 Å². The van der Waals surface area contributed by atoms with Crippen molar-refractivity contribution in [3.05, 3.63) is 23.8 Å². The minimum Gasteiger partial charge on any atom is -0.508 e. The second-order valence-corrected chi connectivity index (χ2v) is 3.38. The third-order valence-electron chi connectivity index (χ3n) is 2.10. The average Bonchev–Trinajstić information content (AvgIpc) is 2.22. The summed E-state index contributed by atoms with van der Waals surface area (Å²) in [6, 6.07) is 3.33. The Hall–Kier alpha value is -1.75. The van der Waals surface area contributed by atoms with Crippen LogP contribution in [0.5, 0.6) is 11.5 Å². The van der Waals surface area contributed by atoms with E-state index in [0.717, 1.165) is 0 Å². The average molecular weight is 225 g/mol. The van der Waals surface area contributed by atoms with Crippen LogP contribution in [0, 0.1) is 0 Å². The number of aromatic hydroxyl groups is 2. The molecule has 1 atom stereocenters. The topological polar surface area (TPSA) is 92.8 Å². The van der Waals surface area contributed by atoms with Crippen LogP contribution in [0.3, 0.4) is 0 Å². The molecule has 0 aliphatic carbocycles. The summed E-state index contributed by atoms with van der Waals surface area (Å²) in [5.74, 6) is -0.624. The SMILES string of the molecule is CCOC(=O)[C@@H](N)Cc1ccc(O)cc1O. The fourth-order valence-corrected chi connectivity index (χ4v) is 1.29. The number of hydrogen-bond acceptors (Lipinski definition) is 5. The van der Waals surface area contributed by atoms with E-state index in [1.807, 2.05) is 0 Å². The normalized spacial score (nSPS) is 12.1. The lowest BCUT2D eigenvalue weighted by Gasteiger charge is -2.11. The van der Waals surface area contributed by atoms with E-state index in [0.29, 0.717) is 5.56 Å². The van der Waals surface area contributed by atoms with Gasteiger partial charge in [-0.3, -0.25) is 4.79 Å². The highest BCUT2D eigenvalue weighted by atomic mass is 16.5. The van der Waals surface area contributed by atoms with Crippen molar-refractivity contribution in [3.63, 3.8) is 0 Å². The van der Waals surface area contributed by atoms with Crippen LogP contribution >= 0.6 is 0 Å². The first-order valence-corrected chi connectivity index (χ1v) is 4.97. The molecule has 5 heteroatoms. The highest BCUT2D eigenvalue weighted by Gasteiger charge is 2.16. The van der Waals surface area contributed by atoms with Gasteiger partial charge in [0.25, 0.3) is 0 Å². The number of hydrogen-bond donors (Lipinski definition) is 3. The first-order chi connectivity index (χ1) is 7.54. The molecule has 0 fully saturated rings. The molecule has 1 aromatic carbocycles. The first-order valence-electron chi connectivity index (χ1n) is 4.97. The minimum atomic E-state index is -0.810. The van der Waals surface area contributed by atoms with Gasteiger partial charge in [0.2, 0.25) is 0 Å². The highest BCUT2D eigenvalue weighted by molar-refractivity contribution is 5.76. The number of nitrogens with two attached hydrogens (primary N) is 1. The largest absolute Gasteiger partial charge is 0.508 e. The van der Waals surface area contributed by atoms with E-state index >= 15 is 0 Å². The van der Waals surface area contributed by atoms with Crippen molar-refractivity contribution in [2.75, 3.05) is 6.61 Å². The second kappa shape index (κ2) is 5.37. The van der Waals surface area contributed by atoms with Gasteiger partial charge in [-0.2, -0.15) is 0 Å². The molecule has 0 bridgehead atoms. The lowest BCUT2D eigenvalue weighted by Crippen LogP contribution is -2.34. The van der Waals surface area contributed by atoms with E-state index < -0.39 is 12.0 Å². The van der Waals surface area contributed by atoms with Crippen LogP contribution in [0.15, 0.2) is 18.2 Å². The molecule has 16 heavy (non-hydrogen) atoms. The maximum absolute atomic E-state index is 11.2. The van der Waals surface area contributed by atoms with Gasteiger partial charge in [-0.15, -0.1) is 0 Å². The van der Waals surface area contributed by atoms with Crippen LogP contribution in [0.4, 0.5) is 0 Å². The molecule has 0 radical (unpaired) electrons. The molecule has 1 rings (SSSR count).